The van der Waals surface area contributed by atoms with Crippen molar-refractivity contribution in [1.29, 1.82) is 0 Å². The molecule has 112 valence electrons. The van der Waals surface area contributed by atoms with Crippen molar-refractivity contribution in [3.8, 4) is 5.75 Å². The molecule has 0 bridgehead atoms. The van der Waals surface area contributed by atoms with Gasteiger partial charge in [-0.15, -0.1) is 0 Å². The zero-order chi connectivity index (χ0) is 14.4. The smallest absolute Gasteiger partial charge is 0.137 e. The topological polar surface area (TPSA) is 34.2 Å². The maximum Gasteiger partial charge on any atom is 0.137 e. The summed E-state index contributed by atoms with van der Waals surface area (Å²) in [7, 11) is 0. The molecule has 1 aromatic heterocycles. The van der Waals surface area contributed by atoms with Gasteiger partial charge in [0.15, 0.2) is 0 Å². The molecular formula is C16H26N2OS. The first-order chi connectivity index (χ1) is 9.69. The van der Waals surface area contributed by atoms with Crippen molar-refractivity contribution in [2.45, 2.75) is 50.8 Å². The van der Waals surface area contributed by atoms with Gasteiger partial charge in [-0.2, -0.15) is 11.8 Å². The van der Waals surface area contributed by atoms with E-state index in [0.29, 0.717) is 12.6 Å². The molecule has 1 aliphatic rings. The van der Waals surface area contributed by atoms with E-state index in [9.17, 15) is 0 Å². The fourth-order valence-corrected chi connectivity index (χ4v) is 4.27. The number of rotatable bonds is 7. The number of pyridine rings is 1. The Labute approximate surface area is 126 Å². The third-order valence-corrected chi connectivity index (χ3v) is 5.43. The van der Waals surface area contributed by atoms with Crippen molar-refractivity contribution in [2.24, 2.45) is 0 Å². The summed E-state index contributed by atoms with van der Waals surface area (Å²) in [5.74, 6) is 2.14. The number of aromatic nitrogens is 1. The maximum absolute atomic E-state index is 5.60. The van der Waals surface area contributed by atoms with Crippen LogP contribution in [-0.4, -0.2) is 28.6 Å². The Kier molecular flexibility index (Phi) is 5.73. The van der Waals surface area contributed by atoms with Crippen molar-refractivity contribution in [1.82, 2.24) is 10.3 Å². The Hall–Kier alpha value is -0.740. The molecule has 0 aromatic carbocycles. The number of hydrogen-bond acceptors (Lipinski definition) is 4. The third kappa shape index (κ3) is 3.67. The van der Waals surface area contributed by atoms with Crippen molar-refractivity contribution in [3.63, 3.8) is 0 Å². The molecule has 2 atom stereocenters. The standard InChI is InChI=1S/C16H26N2OS/c1-4-8-18-15(16(3)7-6-9-20-16)13-10-14(19-5-2)12-17-11-13/h10-12,15,18H,4-9H2,1-3H3. The van der Waals surface area contributed by atoms with Crippen LogP contribution in [0.2, 0.25) is 0 Å². The first-order valence-corrected chi connectivity index (χ1v) is 8.63. The van der Waals surface area contributed by atoms with E-state index in [1.807, 2.05) is 13.1 Å². The molecule has 0 radical (unpaired) electrons. The Bertz CT molecular complexity index is 419. The average molecular weight is 294 g/mol. The quantitative estimate of drug-likeness (QED) is 0.829. The van der Waals surface area contributed by atoms with E-state index in [4.69, 9.17) is 4.74 Å². The largest absolute Gasteiger partial charge is 0.492 e. The van der Waals surface area contributed by atoms with Gasteiger partial charge in [0.25, 0.3) is 0 Å². The molecule has 1 fully saturated rings. The molecule has 1 aromatic rings. The number of ether oxygens (including phenoxy) is 1. The fourth-order valence-electron chi connectivity index (χ4n) is 2.84. The van der Waals surface area contributed by atoms with E-state index in [1.165, 1.54) is 24.2 Å². The first-order valence-electron chi connectivity index (χ1n) is 7.64. The zero-order valence-corrected chi connectivity index (χ0v) is 13.6. The van der Waals surface area contributed by atoms with Crippen LogP contribution in [0, 0.1) is 0 Å². The molecule has 0 aliphatic carbocycles. The third-order valence-electron chi connectivity index (χ3n) is 3.84. The summed E-state index contributed by atoms with van der Waals surface area (Å²) in [6, 6.07) is 2.50. The van der Waals surface area contributed by atoms with Crippen LogP contribution in [-0.2, 0) is 0 Å². The van der Waals surface area contributed by atoms with Gasteiger partial charge in [0, 0.05) is 17.0 Å². The van der Waals surface area contributed by atoms with Crippen LogP contribution in [0.5, 0.6) is 5.75 Å². The molecule has 1 N–H and O–H groups in total. The predicted molar refractivity (Wildman–Crippen MR) is 86.5 cm³/mol. The Balaban J connectivity index is 2.23. The molecule has 0 spiro atoms. The van der Waals surface area contributed by atoms with Crippen LogP contribution in [0.25, 0.3) is 0 Å². The van der Waals surface area contributed by atoms with E-state index in [2.05, 4.69) is 42.0 Å². The summed E-state index contributed by atoms with van der Waals surface area (Å²) in [5.41, 5.74) is 1.25. The van der Waals surface area contributed by atoms with Crippen LogP contribution in [0.1, 0.15) is 51.6 Å². The molecule has 1 saturated heterocycles. The summed E-state index contributed by atoms with van der Waals surface area (Å²) in [4.78, 5) is 4.36. The van der Waals surface area contributed by atoms with Gasteiger partial charge in [-0.1, -0.05) is 6.92 Å². The molecule has 2 rings (SSSR count). The summed E-state index contributed by atoms with van der Waals surface area (Å²) in [6.45, 7) is 8.33. The second-order valence-electron chi connectivity index (χ2n) is 5.54. The minimum absolute atomic E-state index is 0.266. The molecule has 0 saturated carbocycles. The average Bonchev–Trinajstić information content (AvgIpc) is 2.88. The lowest BCUT2D eigenvalue weighted by molar-refractivity contribution is 0.336. The minimum atomic E-state index is 0.266. The molecular weight excluding hydrogens is 268 g/mol. The SMILES string of the molecule is CCCNC(c1cncc(OCC)c1)C1(C)CCCS1. The van der Waals surface area contributed by atoms with Gasteiger partial charge >= 0.3 is 0 Å². The maximum atomic E-state index is 5.60. The molecule has 3 nitrogen and oxygen atoms in total. The number of hydrogen-bond donors (Lipinski definition) is 1. The second-order valence-corrected chi connectivity index (χ2v) is 7.17. The van der Waals surface area contributed by atoms with Crippen LogP contribution >= 0.6 is 11.8 Å². The van der Waals surface area contributed by atoms with Crippen LogP contribution in [0.4, 0.5) is 0 Å². The van der Waals surface area contributed by atoms with Crippen molar-refractivity contribution >= 4 is 11.8 Å². The molecule has 1 aliphatic heterocycles. The number of thioether (sulfide) groups is 1. The first kappa shape index (κ1) is 15.6. The predicted octanol–water partition coefficient (Wildman–Crippen LogP) is 3.81. The Morgan fingerprint density at radius 3 is 2.95 bits per heavy atom. The van der Waals surface area contributed by atoms with Crippen molar-refractivity contribution < 1.29 is 4.74 Å². The Morgan fingerprint density at radius 2 is 2.30 bits per heavy atom. The van der Waals surface area contributed by atoms with E-state index in [0.717, 1.165) is 18.7 Å². The van der Waals surface area contributed by atoms with Gasteiger partial charge in [-0.25, -0.2) is 0 Å². The molecule has 20 heavy (non-hydrogen) atoms. The van der Waals surface area contributed by atoms with Crippen LogP contribution in [0.15, 0.2) is 18.5 Å². The number of nitrogens with zero attached hydrogens (tertiary/aromatic N) is 1. The molecule has 2 unspecified atom stereocenters. The van der Waals surface area contributed by atoms with E-state index in [1.54, 1.807) is 6.20 Å². The van der Waals surface area contributed by atoms with Gasteiger partial charge in [-0.3, -0.25) is 4.98 Å². The number of nitrogens with one attached hydrogen (secondary N) is 1. The van der Waals surface area contributed by atoms with Crippen LogP contribution in [0.3, 0.4) is 0 Å². The van der Waals surface area contributed by atoms with E-state index >= 15 is 0 Å². The van der Waals surface area contributed by atoms with Crippen LogP contribution < -0.4 is 10.1 Å². The highest BCUT2D eigenvalue weighted by atomic mass is 32.2. The second kappa shape index (κ2) is 7.32. The van der Waals surface area contributed by atoms with Crippen molar-refractivity contribution in [2.75, 3.05) is 18.9 Å². The van der Waals surface area contributed by atoms with E-state index < -0.39 is 0 Å². The molecule has 2 heterocycles. The summed E-state index contributed by atoms with van der Waals surface area (Å²) in [6.07, 6.45) is 7.51. The summed E-state index contributed by atoms with van der Waals surface area (Å²) >= 11 is 2.09. The van der Waals surface area contributed by atoms with Gasteiger partial charge in [-0.05, 0) is 57.0 Å². The summed E-state index contributed by atoms with van der Waals surface area (Å²) in [5, 5.41) is 3.72. The molecule has 0 amide bonds. The van der Waals surface area contributed by atoms with Gasteiger partial charge in [0.2, 0.25) is 0 Å². The van der Waals surface area contributed by atoms with Gasteiger partial charge in [0.1, 0.15) is 5.75 Å². The van der Waals surface area contributed by atoms with Gasteiger partial charge < -0.3 is 10.1 Å². The monoisotopic (exact) mass is 294 g/mol. The highest BCUT2D eigenvalue weighted by Crippen LogP contribution is 2.46. The fraction of sp³-hybridized carbons (Fsp3) is 0.688. The van der Waals surface area contributed by atoms with Gasteiger partial charge in [0.05, 0.1) is 12.8 Å². The highest BCUT2D eigenvalue weighted by molar-refractivity contribution is 8.00. The zero-order valence-electron chi connectivity index (χ0n) is 12.8. The lowest BCUT2D eigenvalue weighted by Crippen LogP contribution is -2.38. The lowest BCUT2D eigenvalue weighted by atomic mass is 9.91. The highest BCUT2D eigenvalue weighted by Gasteiger charge is 2.38. The van der Waals surface area contributed by atoms with Crippen molar-refractivity contribution in [3.05, 3.63) is 24.0 Å². The lowest BCUT2D eigenvalue weighted by Gasteiger charge is -2.34. The minimum Gasteiger partial charge on any atom is -0.492 e. The normalized spacial score (nSPS) is 23.8. The molecule has 4 heteroatoms. The summed E-state index contributed by atoms with van der Waals surface area (Å²) < 4.78 is 5.87. The van der Waals surface area contributed by atoms with E-state index in [-0.39, 0.29) is 4.75 Å². The Morgan fingerprint density at radius 1 is 1.45 bits per heavy atom.